The van der Waals surface area contributed by atoms with Crippen LogP contribution in [0.15, 0.2) is 24.3 Å². The molecule has 0 bridgehead atoms. The lowest BCUT2D eigenvalue weighted by atomic mass is 10.1. The van der Waals surface area contributed by atoms with E-state index in [9.17, 15) is 4.79 Å². The molecule has 4 heteroatoms. The van der Waals surface area contributed by atoms with E-state index in [2.05, 4.69) is 5.32 Å². The molecule has 98 valence electrons. The lowest BCUT2D eigenvalue weighted by Gasteiger charge is -2.19. The maximum atomic E-state index is 11.9. The van der Waals surface area contributed by atoms with Gasteiger partial charge in [-0.05, 0) is 31.4 Å². The van der Waals surface area contributed by atoms with Crippen molar-refractivity contribution in [1.29, 1.82) is 0 Å². The summed E-state index contributed by atoms with van der Waals surface area (Å²) in [6.45, 7) is 2.38. The summed E-state index contributed by atoms with van der Waals surface area (Å²) in [5.41, 5.74) is 1.03. The summed E-state index contributed by atoms with van der Waals surface area (Å²) in [5.74, 6) is 0.149. The SMILES string of the molecule is C[C@@H](NCC(=O)N(C)C1CC1)c1ccccc1Cl. The van der Waals surface area contributed by atoms with Gasteiger partial charge in [-0.15, -0.1) is 0 Å². The van der Waals surface area contributed by atoms with Crippen LogP contribution in [0, 0.1) is 0 Å². The van der Waals surface area contributed by atoms with Gasteiger partial charge in [0.1, 0.15) is 0 Å². The minimum atomic E-state index is 0.0789. The Morgan fingerprint density at radius 3 is 2.78 bits per heavy atom. The lowest BCUT2D eigenvalue weighted by Crippen LogP contribution is -2.37. The Hall–Kier alpha value is -1.06. The van der Waals surface area contributed by atoms with Crippen LogP contribution in [0.5, 0.6) is 0 Å². The van der Waals surface area contributed by atoms with Gasteiger partial charge < -0.3 is 10.2 Å². The summed E-state index contributed by atoms with van der Waals surface area (Å²) in [4.78, 5) is 13.7. The Labute approximate surface area is 113 Å². The molecule has 1 N–H and O–H groups in total. The number of amides is 1. The first-order valence-electron chi connectivity index (χ1n) is 6.33. The molecule has 1 aromatic carbocycles. The summed E-state index contributed by atoms with van der Waals surface area (Å²) in [6, 6.07) is 8.26. The van der Waals surface area contributed by atoms with E-state index in [0.717, 1.165) is 23.4 Å². The second-order valence-corrected chi connectivity index (χ2v) is 5.27. The molecule has 0 heterocycles. The molecule has 1 fully saturated rings. The molecule has 0 spiro atoms. The summed E-state index contributed by atoms with van der Waals surface area (Å²) >= 11 is 6.12. The Kier molecular flexibility index (Phi) is 4.25. The standard InChI is InChI=1S/C14H19ClN2O/c1-10(12-5-3-4-6-13(12)15)16-9-14(18)17(2)11-7-8-11/h3-6,10-11,16H,7-9H2,1-2H3/t10-/m1/s1. The first kappa shape index (κ1) is 13.4. The van der Waals surface area contributed by atoms with Crippen molar-refractivity contribution in [3.63, 3.8) is 0 Å². The van der Waals surface area contributed by atoms with Gasteiger partial charge in [0.2, 0.25) is 5.91 Å². The molecule has 1 amide bonds. The van der Waals surface area contributed by atoms with Crippen LogP contribution >= 0.6 is 11.6 Å². The number of rotatable bonds is 5. The zero-order valence-corrected chi connectivity index (χ0v) is 11.6. The van der Waals surface area contributed by atoms with Crippen LogP contribution in [0.25, 0.3) is 0 Å². The van der Waals surface area contributed by atoms with Gasteiger partial charge in [-0.2, -0.15) is 0 Å². The molecule has 2 rings (SSSR count). The number of carbonyl (C=O) groups excluding carboxylic acids is 1. The molecule has 1 saturated carbocycles. The van der Waals surface area contributed by atoms with Crippen molar-refractivity contribution < 1.29 is 4.79 Å². The number of nitrogens with zero attached hydrogens (tertiary/aromatic N) is 1. The number of halogens is 1. The molecule has 0 unspecified atom stereocenters. The highest BCUT2D eigenvalue weighted by atomic mass is 35.5. The van der Waals surface area contributed by atoms with Crippen molar-refractivity contribution in [2.24, 2.45) is 0 Å². The monoisotopic (exact) mass is 266 g/mol. The topological polar surface area (TPSA) is 32.3 Å². The van der Waals surface area contributed by atoms with Gasteiger partial charge >= 0.3 is 0 Å². The molecule has 1 aliphatic carbocycles. The molecule has 0 aromatic heterocycles. The second kappa shape index (κ2) is 5.72. The smallest absolute Gasteiger partial charge is 0.236 e. The molecule has 1 aliphatic rings. The highest BCUT2D eigenvalue weighted by Gasteiger charge is 2.29. The average Bonchev–Trinajstić information content (AvgIpc) is 3.19. The van der Waals surface area contributed by atoms with Crippen LogP contribution in [-0.2, 0) is 4.79 Å². The van der Waals surface area contributed by atoms with E-state index in [-0.39, 0.29) is 11.9 Å². The molecule has 1 aromatic rings. The van der Waals surface area contributed by atoms with Gasteiger partial charge in [0.15, 0.2) is 0 Å². The zero-order chi connectivity index (χ0) is 13.1. The van der Waals surface area contributed by atoms with E-state index in [1.165, 1.54) is 0 Å². The Morgan fingerprint density at radius 2 is 2.17 bits per heavy atom. The first-order valence-corrected chi connectivity index (χ1v) is 6.71. The highest BCUT2D eigenvalue weighted by Crippen LogP contribution is 2.25. The molecule has 3 nitrogen and oxygen atoms in total. The summed E-state index contributed by atoms with van der Waals surface area (Å²) in [6.07, 6.45) is 2.28. The predicted molar refractivity (Wildman–Crippen MR) is 73.7 cm³/mol. The first-order chi connectivity index (χ1) is 8.59. The van der Waals surface area contributed by atoms with Gasteiger partial charge in [0, 0.05) is 24.2 Å². The Morgan fingerprint density at radius 1 is 1.50 bits per heavy atom. The van der Waals surface area contributed by atoms with Crippen molar-refractivity contribution in [1.82, 2.24) is 10.2 Å². The Balaban J connectivity index is 1.86. The predicted octanol–water partition coefficient (Wildman–Crippen LogP) is 2.61. The quantitative estimate of drug-likeness (QED) is 0.889. The van der Waals surface area contributed by atoms with Crippen LogP contribution in [0.2, 0.25) is 5.02 Å². The normalized spacial score (nSPS) is 16.4. The van der Waals surface area contributed by atoms with Crippen LogP contribution in [0.1, 0.15) is 31.4 Å². The molecular formula is C14H19ClN2O. The van der Waals surface area contributed by atoms with Crippen LogP contribution < -0.4 is 5.32 Å². The van der Waals surface area contributed by atoms with Gasteiger partial charge in [-0.1, -0.05) is 29.8 Å². The molecular weight excluding hydrogens is 248 g/mol. The molecule has 0 aliphatic heterocycles. The maximum absolute atomic E-state index is 11.9. The minimum absolute atomic E-state index is 0.0789. The third-order valence-electron chi connectivity index (χ3n) is 3.42. The molecule has 1 atom stereocenters. The van der Waals surface area contributed by atoms with E-state index < -0.39 is 0 Å². The maximum Gasteiger partial charge on any atom is 0.236 e. The molecule has 0 saturated heterocycles. The number of likely N-dealkylation sites (N-methyl/N-ethyl adjacent to an activating group) is 1. The average molecular weight is 267 g/mol. The van der Waals surface area contributed by atoms with Crippen molar-refractivity contribution >= 4 is 17.5 Å². The highest BCUT2D eigenvalue weighted by molar-refractivity contribution is 6.31. The van der Waals surface area contributed by atoms with E-state index in [4.69, 9.17) is 11.6 Å². The molecule has 0 radical (unpaired) electrons. The summed E-state index contributed by atoms with van der Waals surface area (Å²) in [7, 11) is 1.88. The minimum Gasteiger partial charge on any atom is -0.342 e. The zero-order valence-electron chi connectivity index (χ0n) is 10.8. The van der Waals surface area contributed by atoms with Gasteiger partial charge in [0.25, 0.3) is 0 Å². The third kappa shape index (κ3) is 3.24. The van der Waals surface area contributed by atoms with Crippen LogP contribution in [-0.4, -0.2) is 30.4 Å². The van der Waals surface area contributed by atoms with Gasteiger partial charge in [-0.25, -0.2) is 0 Å². The van der Waals surface area contributed by atoms with E-state index >= 15 is 0 Å². The lowest BCUT2D eigenvalue weighted by molar-refractivity contribution is -0.129. The van der Waals surface area contributed by atoms with Crippen LogP contribution in [0.3, 0.4) is 0 Å². The fourth-order valence-corrected chi connectivity index (χ4v) is 2.27. The largest absolute Gasteiger partial charge is 0.342 e. The van der Waals surface area contributed by atoms with Crippen LogP contribution in [0.4, 0.5) is 0 Å². The second-order valence-electron chi connectivity index (χ2n) is 4.86. The number of nitrogens with one attached hydrogen (secondary N) is 1. The number of benzene rings is 1. The fraction of sp³-hybridized carbons (Fsp3) is 0.500. The van der Waals surface area contributed by atoms with Crippen molar-refractivity contribution in [3.8, 4) is 0 Å². The van der Waals surface area contributed by atoms with Gasteiger partial charge in [-0.3, -0.25) is 4.79 Å². The van der Waals surface area contributed by atoms with E-state index in [1.54, 1.807) is 0 Å². The van der Waals surface area contributed by atoms with E-state index in [1.807, 2.05) is 43.1 Å². The number of hydrogen-bond acceptors (Lipinski definition) is 2. The fourth-order valence-electron chi connectivity index (χ4n) is 1.97. The summed E-state index contributed by atoms with van der Waals surface area (Å²) in [5, 5.41) is 3.96. The van der Waals surface area contributed by atoms with Crippen molar-refractivity contribution in [3.05, 3.63) is 34.9 Å². The van der Waals surface area contributed by atoms with E-state index in [0.29, 0.717) is 12.6 Å². The summed E-state index contributed by atoms with van der Waals surface area (Å²) < 4.78 is 0. The van der Waals surface area contributed by atoms with Crippen molar-refractivity contribution in [2.45, 2.75) is 31.8 Å². The number of carbonyl (C=O) groups is 1. The van der Waals surface area contributed by atoms with Gasteiger partial charge in [0.05, 0.1) is 6.54 Å². The number of hydrogen-bond donors (Lipinski definition) is 1. The Bertz CT molecular complexity index is 432. The third-order valence-corrected chi connectivity index (χ3v) is 3.76. The molecule has 18 heavy (non-hydrogen) atoms. The van der Waals surface area contributed by atoms with Crippen molar-refractivity contribution in [2.75, 3.05) is 13.6 Å².